The van der Waals surface area contributed by atoms with E-state index in [1.54, 1.807) is 6.20 Å². The van der Waals surface area contributed by atoms with Crippen molar-refractivity contribution in [1.82, 2.24) is 15.3 Å². The van der Waals surface area contributed by atoms with Crippen LogP contribution in [-0.2, 0) is 4.79 Å². The number of H-pyrrole nitrogens is 1. The summed E-state index contributed by atoms with van der Waals surface area (Å²) in [5.74, 6) is 5.71. The summed E-state index contributed by atoms with van der Waals surface area (Å²) in [5.41, 5.74) is 2.72. The van der Waals surface area contributed by atoms with Crippen LogP contribution in [0.4, 0.5) is 0 Å². The number of aromatic amines is 1. The average Bonchev–Trinajstić information content (AvgIpc) is 2.71. The Hall–Kier alpha value is -2.28. The van der Waals surface area contributed by atoms with E-state index >= 15 is 0 Å². The van der Waals surface area contributed by atoms with E-state index in [1.165, 1.54) is 6.92 Å². The third-order valence-corrected chi connectivity index (χ3v) is 2.06. The Morgan fingerprint density at radius 2 is 2.50 bits per heavy atom. The number of hydrogen-bond acceptors (Lipinski definition) is 2. The van der Waals surface area contributed by atoms with Gasteiger partial charge in [-0.15, -0.1) is 0 Å². The topological polar surface area (TPSA) is 57.8 Å². The molecule has 0 atom stereocenters. The van der Waals surface area contributed by atoms with Gasteiger partial charge in [0.1, 0.15) is 0 Å². The van der Waals surface area contributed by atoms with E-state index in [1.807, 2.05) is 18.3 Å². The van der Waals surface area contributed by atoms with Gasteiger partial charge in [-0.1, -0.05) is 11.8 Å². The number of hydrogen-bond donors (Lipinski definition) is 2. The summed E-state index contributed by atoms with van der Waals surface area (Å²) in [5, 5.41) is 2.61. The van der Waals surface area contributed by atoms with Gasteiger partial charge < -0.3 is 10.3 Å². The summed E-state index contributed by atoms with van der Waals surface area (Å²) in [6, 6.07) is 3.84. The molecule has 0 unspecified atom stereocenters. The first-order valence-corrected chi connectivity index (χ1v) is 4.92. The number of amides is 1. The fraction of sp³-hybridized carbons (Fsp3) is 0.167. The minimum atomic E-state index is -0.0766. The number of carbonyl (C=O) groups excluding carboxylic acids is 1. The van der Waals surface area contributed by atoms with Crippen molar-refractivity contribution in [3.63, 3.8) is 0 Å². The number of aromatic nitrogens is 2. The summed E-state index contributed by atoms with van der Waals surface area (Å²) >= 11 is 0. The minimum Gasteiger partial charge on any atom is -0.360 e. The molecule has 0 spiro atoms. The molecule has 0 fully saturated rings. The number of nitrogens with one attached hydrogen (secondary N) is 2. The van der Waals surface area contributed by atoms with Gasteiger partial charge in [0.05, 0.1) is 17.6 Å². The van der Waals surface area contributed by atoms with Crippen LogP contribution in [0.25, 0.3) is 11.0 Å². The van der Waals surface area contributed by atoms with E-state index in [0.29, 0.717) is 6.54 Å². The highest BCUT2D eigenvalue weighted by atomic mass is 16.1. The molecule has 2 rings (SSSR count). The Morgan fingerprint density at radius 3 is 3.31 bits per heavy atom. The van der Waals surface area contributed by atoms with Crippen molar-refractivity contribution in [2.45, 2.75) is 6.92 Å². The molecule has 2 aromatic heterocycles. The van der Waals surface area contributed by atoms with Gasteiger partial charge in [0.25, 0.3) is 0 Å². The summed E-state index contributed by atoms with van der Waals surface area (Å²) in [6.07, 6.45) is 3.56. The molecule has 2 N–H and O–H groups in total. The zero-order valence-corrected chi connectivity index (χ0v) is 8.87. The van der Waals surface area contributed by atoms with Crippen LogP contribution in [0, 0.1) is 11.8 Å². The van der Waals surface area contributed by atoms with Crippen molar-refractivity contribution < 1.29 is 4.79 Å². The maximum Gasteiger partial charge on any atom is 0.217 e. The Bertz CT molecular complexity index is 574. The Balaban J connectivity index is 2.11. The zero-order valence-electron chi connectivity index (χ0n) is 8.87. The van der Waals surface area contributed by atoms with E-state index in [2.05, 4.69) is 27.1 Å². The lowest BCUT2D eigenvalue weighted by atomic mass is 10.2. The van der Waals surface area contributed by atoms with Crippen molar-refractivity contribution in [2.75, 3.05) is 6.54 Å². The molecule has 0 aliphatic carbocycles. The highest BCUT2D eigenvalue weighted by Crippen LogP contribution is 2.09. The second-order valence-electron chi connectivity index (χ2n) is 3.35. The van der Waals surface area contributed by atoms with Gasteiger partial charge in [0.15, 0.2) is 0 Å². The predicted molar refractivity (Wildman–Crippen MR) is 61.7 cm³/mol. The molecule has 0 aliphatic rings. The maximum atomic E-state index is 10.6. The van der Waals surface area contributed by atoms with Gasteiger partial charge in [-0.25, -0.2) is 0 Å². The first-order chi connectivity index (χ1) is 7.75. The van der Waals surface area contributed by atoms with Gasteiger partial charge >= 0.3 is 0 Å². The molecular weight excluding hydrogens is 202 g/mol. The van der Waals surface area contributed by atoms with Crippen molar-refractivity contribution in [1.29, 1.82) is 0 Å². The molecule has 0 aromatic carbocycles. The van der Waals surface area contributed by atoms with Crippen molar-refractivity contribution >= 4 is 16.9 Å². The largest absolute Gasteiger partial charge is 0.360 e. The summed E-state index contributed by atoms with van der Waals surface area (Å²) in [7, 11) is 0. The standard InChI is InChI=1S/C12H11N3O/c1-9(16)13-5-2-3-10-7-12-11(15-8-10)4-6-14-12/h4,6-8,14H,5H2,1H3,(H,13,16). The maximum absolute atomic E-state index is 10.6. The predicted octanol–water partition coefficient (Wildman–Crippen LogP) is 1.05. The molecule has 16 heavy (non-hydrogen) atoms. The molecular formula is C12H11N3O. The molecule has 4 nitrogen and oxygen atoms in total. The molecule has 0 aliphatic heterocycles. The van der Waals surface area contributed by atoms with Gasteiger partial charge in [-0.2, -0.15) is 0 Å². The van der Waals surface area contributed by atoms with E-state index in [-0.39, 0.29) is 5.91 Å². The second kappa shape index (κ2) is 4.49. The fourth-order valence-corrected chi connectivity index (χ4v) is 1.32. The molecule has 2 aromatic rings. The van der Waals surface area contributed by atoms with Crippen molar-refractivity contribution in [3.05, 3.63) is 30.1 Å². The molecule has 80 valence electrons. The quantitative estimate of drug-likeness (QED) is 0.696. The molecule has 4 heteroatoms. The van der Waals surface area contributed by atoms with Crippen LogP contribution in [0.2, 0.25) is 0 Å². The Labute approximate surface area is 93.1 Å². The third kappa shape index (κ3) is 2.39. The molecule has 0 saturated heterocycles. The summed E-state index contributed by atoms with van der Waals surface area (Å²) in [6.45, 7) is 1.83. The second-order valence-corrected chi connectivity index (χ2v) is 3.35. The lowest BCUT2D eigenvalue weighted by Gasteiger charge is -1.92. The normalized spacial score (nSPS) is 9.56. The van der Waals surface area contributed by atoms with E-state index in [9.17, 15) is 4.79 Å². The van der Waals surface area contributed by atoms with Crippen LogP contribution in [0.5, 0.6) is 0 Å². The SMILES string of the molecule is CC(=O)NCC#Cc1cnc2cc[nH]c2c1. The molecule has 0 saturated carbocycles. The summed E-state index contributed by atoms with van der Waals surface area (Å²) in [4.78, 5) is 17.9. The number of fused-ring (bicyclic) bond motifs is 1. The van der Waals surface area contributed by atoms with E-state index < -0.39 is 0 Å². The Kier molecular flexibility index (Phi) is 2.88. The first kappa shape index (κ1) is 10.2. The number of pyridine rings is 1. The highest BCUT2D eigenvalue weighted by molar-refractivity contribution is 5.76. The molecule has 0 radical (unpaired) electrons. The van der Waals surface area contributed by atoms with E-state index in [0.717, 1.165) is 16.6 Å². The Morgan fingerprint density at radius 1 is 1.62 bits per heavy atom. The van der Waals surface area contributed by atoms with Gasteiger partial charge in [0.2, 0.25) is 5.91 Å². The highest BCUT2D eigenvalue weighted by Gasteiger charge is 1.95. The van der Waals surface area contributed by atoms with Crippen LogP contribution in [-0.4, -0.2) is 22.4 Å². The van der Waals surface area contributed by atoms with Gasteiger partial charge in [-0.3, -0.25) is 9.78 Å². The number of nitrogens with zero attached hydrogens (tertiary/aromatic N) is 1. The average molecular weight is 213 g/mol. The van der Waals surface area contributed by atoms with Crippen LogP contribution in [0.3, 0.4) is 0 Å². The lowest BCUT2D eigenvalue weighted by molar-refractivity contribution is -0.118. The smallest absolute Gasteiger partial charge is 0.217 e. The van der Waals surface area contributed by atoms with Crippen LogP contribution in [0.15, 0.2) is 24.5 Å². The van der Waals surface area contributed by atoms with Gasteiger partial charge in [0, 0.05) is 24.9 Å². The van der Waals surface area contributed by atoms with E-state index in [4.69, 9.17) is 0 Å². The van der Waals surface area contributed by atoms with Crippen molar-refractivity contribution in [3.8, 4) is 11.8 Å². The van der Waals surface area contributed by atoms with Crippen LogP contribution in [0.1, 0.15) is 12.5 Å². The first-order valence-electron chi connectivity index (χ1n) is 4.92. The van der Waals surface area contributed by atoms with Crippen LogP contribution < -0.4 is 5.32 Å². The third-order valence-electron chi connectivity index (χ3n) is 2.06. The molecule has 0 bridgehead atoms. The lowest BCUT2D eigenvalue weighted by Crippen LogP contribution is -2.19. The minimum absolute atomic E-state index is 0.0766. The number of carbonyl (C=O) groups is 1. The van der Waals surface area contributed by atoms with Crippen LogP contribution >= 0.6 is 0 Å². The number of rotatable bonds is 1. The monoisotopic (exact) mass is 213 g/mol. The zero-order chi connectivity index (χ0) is 11.4. The molecule has 2 heterocycles. The van der Waals surface area contributed by atoms with Gasteiger partial charge in [-0.05, 0) is 12.1 Å². The fourth-order valence-electron chi connectivity index (χ4n) is 1.32. The summed E-state index contributed by atoms with van der Waals surface area (Å²) < 4.78 is 0. The molecule has 1 amide bonds. The van der Waals surface area contributed by atoms with Crippen molar-refractivity contribution in [2.24, 2.45) is 0 Å².